The Morgan fingerprint density at radius 3 is 2.55 bits per heavy atom. The van der Waals surface area contributed by atoms with E-state index in [1.54, 1.807) is 0 Å². The lowest BCUT2D eigenvalue weighted by Gasteiger charge is -2.09. The van der Waals surface area contributed by atoms with Crippen LogP contribution in [0.25, 0.3) is 0 Å². The predicted molar refractivity (Wildman–Crippen MR) is 98.1 cm³/mol. The largest absolute Gasteiger partial charge is 0.435 e. The number of benzene rings is 1. The van der Waals surface area contributed by atoms with Crippen molar-refractivity contribution < 1.29 is 36.3 Å². The molecule has 0 aliphatic heterocycles. The van der Waals surface area contributed by atoms with Gasteiger partial charge in [-0.25, -0.2) is 0 Å². The van der Waals surface area contributed by atoms with E-state index in [1.807, 2.05) is 0 Å². The van der Waals surface area contributed by atoms with Crippen LogP contribution < -0.4 is 15.4 Å². The second kappa shape index (κ2) is 8.99. The number of hydrogen-bond acceptors (Lipinski definition) is 7. The Morgan fingerprint density at radius 1 is 1.06 bits per heavy atom. The highest BCUT2D eigenvalue weighted by Crippen LogP contribution is 2.29. The zero-order valence-corrected chi connectivity index (χ0v) is 15.8. The summed E-state index contributed by atoms with van der Waals surface area (Å²) in [6.45, 7) is -3.05. The minimum absolute atomic E-state index is 0.0931. The van der Waals surface area contributed by atoms with Gasteiger partial charge in [-0.1, -0.05) is 10.6 Å². The summed E-state index contributed by atoms with van der Waals surface area (Å²) < 4.78 is 70.8. The zero-order chi connectivity index (χ0) is 22.6. The quantitative estimate of drug-likeness (QED) is 0.539. The molecule has 2 aromatic heterocycles. The summed E-state index contributed by atoms with van der Waals surface area (Å²) in [5.74, 6) is -2.01. The molecule has 0 unspecified atom stereocenters. The zero-order valence-electron chi connectivity index (χ0n) is 15.0. The first-order valence-corrected chi connectivity index (χ1v) is 8.93. The van der Waals surface area contributed by atoms with Gasteiger partial charge >= 0.3 is 12.8 Å². The van der Waals surface area contributed by atoms with E-state index in [4.69, 9.17) is 0 Å². The van der Waals surface area contributed by atoms with E-state index in [0.717, 1.165) is 12.3 Å². The fourth-order valence-electron chi connectivity index (χ4n) is 2.26. The van der Waals surface area contributed by atoms with Crippen molar-refractivity contribution in [1.29, 1.82) is 0 Å². The van der Waals surface area contributed by atoms with E-state index >= 15 is 0 Å². The molecule has 14 heteroatoms. The van der Waals surface area contributed by atoms with Gasteiger partial charge in [0.15, 0.2) is 5.69 Å². The Morgan fingerprint density at radius 2 is 1.84 bits per heavy atom. The van der Waals surface area contributed by atoms with Crippen LogP contribution >= 0.6 is 11.5 Å². The Bertz CT molecular complexity index is 1110. The molecule has 162 valence electrons. The summed E-state index contributed by atoms with van der Waals surface area (Å²) in [6.07, 6.45) is -3.20. The number of hydrogen-bond donors (Lipinski definition) is 2. The number of aromatic nitrogens is 3. The molecule has 3 aromatic rings. The van der Waals surface area contributed by atoms with Crippen LogP contribution in [0.2, 0.25) is 0 Å². The second-order valence-corrected chi connectivity index (χ2v) is 6.48. The lowest BCUT2D eigenvalue weighted by molar-refractivity contribution is -0.137. The molecule has 0 atom stereocenters. The number of alkyl halides is 5. The molecule has 8 nitrogen and oxygen atoms in total. The van der Waals surface area contributed by atoms with Crippen molar-refractivity contribution >= 4 is 34.0 Å². The molecule has 0 radical (unpaired) electrons. The van der Waals surface area contributed by atoms with Gasteiger partial charge in [0.25, 0.3) is 11.8 Å². The van der Waals surface area contributed by atoms with E-state index in [2.05, 4.69) is 29.9 Å². The van der Waals surface area contributed by atoms with E-state index in [1.165, 1.54) is 18.2 Å². The Kier molecular flexibility index (Phi) is 6.39. The van der Waals surface area contributed by atoms with Crippen LogP contribution in [-0.2, 0) is 6.18 Å². The van der Waals surface area contributed by atoms with Gasteiger partial charge in [-0.3, -0.25) is 14.6 Å². The Balaban J connectivity index is 1.74. The fraction of sp³-hybridized carbons (Fsp3) is 0.118. The molecule has 1 aromatic carbocycles. The Hall–Kier alpha value is -3.68. The molecule has 0 fully saturated rings. The van der Waals surface area contributed by atoms with Crippen LogP contribution in [0, 0.1) is 0 Å². The van der Waals surface area contributed by atoms with Crippen molar-refractivity contribution in [3.8, 4) is 5.75 Å². The standard InChI is InChI=1S/C17H10F5N5O3S/c18-16(19)30-11-3-1-2-10(5-11)24-14(29)12-15(31-27-26-12)25-13(28)8-4-9(7-23-6-8)17(20,21)22/h1-7,16H,(H,24,29)(H,25,28). The molecule has 0 bridgehead atoms. The van der Waals surface area contributed by atoms with Crippen molar-refractivity contribution in [3.63, 3.8) is 0 Å². The first kappa shape index (κ1) is 22.0. The highest BCUT2D eigenvalue weighted by Gasteiger charge is 2.31. The van der Waals surface area contributed by atoms with Gasteiger partial charge in [0, 0.05) is 35.7 Å². The Labute approximate surface area is 174 Å². The summed E-state index contributed by atoms with van der Waals surface area (Å²) in [6, 6.07) is 5.74. The first-order valence-electron chi connectivity index (χ1n) is 8.15. The third-order valence-corrected chi connectivity index (χ3v) is 4.22. The molecule has 0 aliphatic carbocycles. The lowest BCUT2D eigenvalue weighted by atomic mass is 10.2. The molecule has 3 rings (SSSR count). The SMILES string of the molecule is O=C(Nc1snnc1C(=O)Nc1cccc(OC(F)F)c1)c1cncc(C(F)(F)F)c1. The minimum atomic E-state index is -4.69. The van der Waals surface area contributed by atoms with Gasteiger partial charge in [0.2, 0.25) is 0 Å². The number of pyridine rings is 1. The molecule has 2 amide bonds. The topological polar surface area (TPSA) is 106 Å². The van der Waals surface area contributed by atoms with Gasteiger partial charge in [-0.2, -0.15) is 22.0 Å². The van der Waals surface area contributed by atoms with Crippen LogP contribution in [0.5, 0.6) is 5.75 Å². The molecule has 2 heterocycles. The predicted octanol–water partition coefficient (Wildman–Crippen LogP) is 4.06. The number of carbonyl (C=O) groups is 2. The second-order valence-electron chi connectivity index (χ2n) is 5.73. The number of halogens is 5. The van der Waals surface area contributed by atoms with E-state index < -0.39 is 35.7 Å². The minimum Gasteiger partial charge on any atom is -0.435 e. The van der Waals surface area contributed by atoms with Gasteiger partial charge < -0.3 is 15.4 Å². The molecular weight excluding hydrogens is 449 g/mol. The maximum atomic E-state index is 12.8. The smallest absolute Gasteiger partial charge is 0.417 e. The molecule has 0 spiro atoms. The highest BCUT2D eigenvalue weighted by molar-refractivity contribution is 7.10. The van der Waals surface area contributed by atoms with E-state index in [0.29, 0.717) is 23.8 Å². The summed E-state index contributed by atoms with van der Waals surface area (Å²) in [4.78, 5) is 28.1. The van der Waals surface area contributed by atoms with Gasteiger partial charge in [-0.15, -0.1) is 5.10 Å². The molecule has 2 N–H and O–H groups in total. The average Bonchev–Trinajstić information content (AvgIpc) is 3.15. The summed E-state index contributed by atoms with van der Waals surface area (Å²) in [5, 5.41) is 8.06. The summed E-state index contributed by atoms with van der Waals surface area (Å²) in [5.41, 5.74) is -1.76. The van der Waals surface area contributed by atoms with Crippen LogP contribution in [0.4, 0.5) is 32.6 Å². The number of anilines is 2. The van der Waals surface area contributed by atoms with Gasteiger partial charge in [-0.05, 0) is 18.2 Å². The number of nitrogens with one attached hydrogen (secondary N) is 2. The summed E-state index contributed by atoms with van der Waals surface area (Å²) >= 11 is 0.612. The molecule has 0 saturated carbocycles. The van der Waals surface area contributed by atoms with Crippen LogP contribution in [0.3, 0.4) is 0 Å². The third-order valence-electron chi connectivity index (χ3n) is 3.57. The highest BCUT2D eigenvalue weighted by atomic mass is 32.1. The molecule has 0 saturated heterocycles. The monoisotopic (exact) mass is 459 g/mol. The number of ether oxygens (including phenoxy) is 1. The maximum absolute atomic E-state index is 12.8. The fourth-order valence-corrected chi connectivity index (χ4v) is 2.82. The number of amides is 2. The lowest BCUT2D eigenvalue weighted by Crippen LogP contribution is -2.18. The maximum Gasteiger partial charge on any atom is 0.417 e. The van der Waals surface area contributed by atoms with Gasteiger partial charge in [0.1, 0.15) is 10.8 Å². The van der Waals surface area contributed by atoms with Crippen molar-refractivity contribution in [2.75, 3.05) is 10.6 Å². The van der Waals surface area contributed by atoms with Crippen molar-refractivity contribution in [3.05, 3.63) is 59.5 Å². The normalized spacial score (nSPS) is 11.3. The van der Waals surface area contributed by atoms with Crippen LogP contribution in [-0.4, -0.2) is 33.0 Å². The average molecular weight is 459 g/mol. The van der Waals surface area contributed by atoms with Crippen LogP contribution in [0.15, 0.2) is 42.7 Å². The molecular formula is C17H10F5N5O3S. The van der Waals surface area contributed by atoms with Gasteiger partial charge in [0.05, 0.1) is 11.1 Å². The third kappa shape index (κ3) is 5.69. The van der Waals surface area contributed by atoms with Crippen molar-refractivity contribution in [2.45, 2.75) is 12.8 Å². The van der Waals surface area contributed by atoms with E-state index in [-0.39, 0.29) is 22.1 Å². The van der Waals surface area contributed by atoms with Crippen LogP contribution in [0.1, 0.15) is 26.4 Å². The number of rotatable bonds is 6. The van der Waals surface area contributed by atoms with Crippen molar-refractivity contribution in [2.24, 2.45) is 0 Å². The number of nitrogens with zero attached hydrogens (tertiary/aromatic N) is 3. The number of carbonyl (C=O) groups excluding carboxylic acids is 2. The molecule has 0 aliphatic rings. The first-order chi connectivity index (χ1) is 14.6. The molecule has 31 heavy (non-hydrogen) atoms. The van der Waals surface area contributed by atoms with E-state index in [9.17, 15) is 31.5 Å². The summed E-state index contributed by atoms with van der Waals surface area (Å²) in [7, 11) is 0. The van der Waals surface area contributed by atoms with Crippen molar-refractivity contribution in [1.82, 2.24) is 14.6 Å².